The Labute approximate surface area is 190 Å². The van der Waals surface area contributed by atoms with Gasteiger partial charge in [-0.2, -0.15) is 26.3 Å². The number of nitrogens with one attached hydrogen (secondary N) is 1. The third-order valence-corrected chi connectivity index (χ3v) is 4.94. The fraction of sp³-hybridized carbons (Fsp3) is 0.250. The van der Waals surface area contributed by atoms with Crippen LogP contribution in [-0.2, 0) is 6.18 Å². The molecule has 182 valence electrons. The van der Waals surface area contributed by atoms with Crippen molar-refractivity contribution in [2.24, 2.45) is 0 Å². The molecule has 0 heterocycles. The molecule has 2 atom stereocenters. The Hall–Kier alpha value is -3.11. The van der Waals surface area contributed by atoms with Crippen molar-refractivity contribution in [2.75, 3.05) is 6.54 Å². The second-order valence-corrected chi connectivity index (χ2v) is 7.62. The Kier molecular flexibility index (Phi) is 7.52. The number of ether oxygens (including phenoxy) is 1. The average molecular weight is 487 g/mol. The number of aliphatic hydroxyl groups is 1. The molecule has 3 aromatic carbocycles. The largest absolute Gasteiger partial charge is 0.457 e. The molecule has 0 bridgehead atoms. The van der Waals surface area contributed by atoms with Crippen LogP contribution in [0.15, 0.2) is 66.7 Å². The summed E-state index contributed by atoms with van der Waals surface area (Å²) < 4.78 is 98.5. The van der Waals surface area contributed by atoms with Crippen LogP contribution >= 0.6 is 0 Å². The molecule has 34 heavy (non-hydrogen) atoms. The van der Waals surface area contributed by atoms with Crippen LogP contribution in [0.2, 0.25) is 0 Å². The minimum absolute atomic E-state index is 0.137. The van der Waals surface area contributed by atoms with E-state index in [1.54, 1.807) is 18.2 Å². The molecule has 3 nitrogen and oxygen atoms in total. The number of benzene rings is 3. The van der Waals surface area contributed by atoms with Gasteiger partial charge in [0.2, 0.25) is 0 Å². The van der Waals surface area contributed by atoms with Crippen molar-refractivity contribution in [1.29, 1.82) is 0 Å². The fourth-order valence-corrected chi connectivity index (χ4v) is 3.27. The first-order valence-electron chi connectivity index (χ1n) is 10.0. The zero-order chi connectivity index (χ0) is 25.1. The van der Waals surface area contributed by atoms with Crippen LogP contribution in [-0.4, -0.2) is 23.9 Å². The lowest BCUT2D eigenvalue weighted by molar-refractivity contribution is -0.202. The molecule has 2 N–H and O–H groups in total. The van der Waals surface area contributed by atoms with E-state index < -0.39 is 48.0 Å². The molecule has 0 fully saturated rings. The van der Waals surface area contributed by atoms with Crippen LogP contribution in [0.4, 0.5) is 30.7 Å². The van der Waals surface area contributed by atoms with Gasteiger partial charge in [-0.05, 0) is 60.5 Å². The molecule has 0 aliphatic heterocycles. The molecule has 0 aliphatic rings. The Morgan fingerprint density at radius 2 is 1.53 bits per heavy atom. The van der Waals surface area contributed by atoms with Gasteiger partial charge >= 0.3 is 12.4 Å². The SMILES string of the molecule is Cc1cccc(Oc2cccc(C(NC[C@@H](O)C(F)(F)F)c3cc(C(F)(F)F)ccc3F)c2)c1. The van der Waals surface area contributed by atoms with Gasteiger partial charge in [-0.25, -0.2) is 4.39 Å². The molecule has 0 amide bonds. The summed E-state index contributed by atoms with van der Waals surface area (Å²) in [4.78, 5) is 0. The highest BCUT2D eigenvalue weighted by Crippen LogP contribution is 2.35. The molecule has 3 aromatic rings. The number of halogens is 7. The number of rotatable bonds is 7. The molecule has 0 saturated carbocycles. The summed E-state index contributed by atoms with van der Waals surface area (Å²) in [6, 6.07) is 13.0. The molecule has 0 radical (unpaired) electrons. The van der Waals surface area contributed by atoms with Crippen molar-refractivity contribution in [3.63, 3.8) is 0 Å². The van der Waals surface area contributed by atoms with E-state index in [9.17, 15) is 35.8 Å². The van der Waals surface area contributed by atoms with Gasteiger partial charge in [-0.1, -0.05) is 24.3 Å². The van der Waals surface area contributed by atoms with Crippen molar-refractivity contribution < 1.29 is 40.6 Å². The highest BCUT2D eigenvalue weighted by molar-refractivity contribution is 5.41. The second kappa shape index (κ2) is 10.0. The smallest absolute Gasteiger partial charge is 0.416 e. The van der Waals surface area contributed by atoms with Crippen LogP contribution in [0.3, 0.4) is 0 Å². The Balaban J connectivity index is 2.01. The number of hydrogen-bond donors (Lipinski definition) is 2. The lowest BCUT2D eigenvalue weighted by Crippen LogP contribution is -2.40. The van der Waals surface area contributed by atoms with Crippen LogP contribution in [0.25, 0.3) is 0 Å². The van der Waals surface area contributed by atoms with Crippen molar-refractivity contribution >= 4 is 0 Å². The minimum atomic E-state index is -4.97. The average Bonchev–Trinajstić information content (AvgIpc) is 2.73. The molecule has 3 rings (SSSR count). The lowest BCUT2D eigenvalue weighted by atomic mass is 9.95. The number of aryl methyl sites for hydroxylation is 1. The normalized spacial score (nSPS) is 14.0. The van der Waals surface area contributed by atoms with Crippen LogP contribution in [0.5, 0.6) is 11.5 Å². The Morgan fingerprint density at radius 3 is 2.15 bits per heavy atom. The molecular formula is C24H20F7NO2. The quantitative estimate of drug-likeness (QED) is 0.372. The van der Waals surface area contributed by atoms with Crippen LogP contribution < -0.4 is 10.1 Å². The van der Waals surface area contributed by atoms with Gasteiger partial charge in [0.05, 0.1) is 11.6 Å². The van der Waals surface area contributed by atoms with E-state index in [4.69, 9.17) is 4.74 Å². The van der Waals surface area contributed by atoms with Gasteiger partial charge in [-0.3, -0.25) is 0 Å². The molecule has 0 aliphatic carbocycles. The van der Waals surface area contributed by atoms with Crippen molar-refractivity contribution in [1.82, 2.24) is 5.32 Å². The summed E-state index contributed by atoms with van der Waals surface area (Å²) in [5.74, 6) is -0.366. The maximum atomic E-state index is 14.6. The zero-order valence-corrected chi connectivity index (χ0v) is 17.7. The summed E-state index contributed by atoms with van der Waals surface area (Å²) in [5, 5.41) is 11.7. The van der Waals surface area contributed by atoms with E-state index in [1.807, 2.05) is 13.0 Å². The number of aliphatic hydroxyl groups excluding tert-OH is 1. The first kappa shape index (κ1) is 25.5. The van der Waals surface area contributed by atoms with E-state index in [0.29, 0.717) is 23.9 Å². The van der Waals surface area contributed by atoms with Crippen molar-refractivity contribution in [3.8, 4) is 11.5 Å². The Morgan fingerprint density at radius 1 is 0.882 bits per heavy atom. The third-order valence-electron chi connectivity index (χ3n) is 4.94. The van der Waals surface area contributed by atoms with Crippen molar-refractivity contribution in [3.05, 3.63) is 94.8 Å². The number of hydrogen-bond acceptors (Lipinski definition) is 3. The van der Waals surface area contributed by atoms with Gasteiger partial charge in [0.1, 0.15) is 17.3 Å². The lowest BCUT2D eigenvalue weighted by Gasteiger charge is -2.24. The second-order valence-electron chi connectivity index (χ2n) is 7.62. The van der Waals surface area contributed by atoms with E-state index >= 15 is 0 Å². The van der Waals surface area contributed by atoms with Gasteiger partial charge in [-0.15, -0.1) is 0 Å². The first-order chi connectivity index (χ1) is 15.8. The van der Waals surface area contributed by atoms with Gasteiger partial charge in [0.15, 0.2) is 6.10 Å². The van der Waals surface area contributed by atoms with Crippen LogP contribution in [0.1, 0.15) is 28.3 Å². The highest BCUT2D eigenvalue weighted by Gasteiger charge is 2.39. The van der Waals surface area contributed by atoms with Gasteiger partial charge in [0, 0.05) is 12.1 Å². The van der Waals surface area contributed by atoms with Gasteiger partial charge < -0.3 is 15.2 Å². The van der Waals surface area contributed by atoms with E-state index in [0.717, 1.165) is 5.56 Å². The molecule has 1 unspecified atom stereocenters. The predicted molar refractivity (Wildman–Crippen MR) is 111 cm³/mol. The van der Waals surface area contributed by atoms with Crippen LogP contribution in [0, 0.1) is 12.7 Å². The van der Waals surface area contributed by atoms with Gasteiger partial charge in [0.25, 0.3) is 0 Å². The highest BCUT2D eigenvalue weighted by atomic mass is 19.4. The fourth-order valence-electron chi connectivity index (χ4n) is 3.27. The predicted octanol–water partition coefficient (Wildman–Crippen LogP) is 6.55. The summed E-state index contributed by atoms with van der Waals surface area (Å²) in [7, 11) is 0. The first-order valence-corrected chi connectivity index (χ1v) is 10.0. The molecule has 0 aromatic heterocycles. The monoisotopic (exact) mass is 487 g/mol. The molecule has 0 spiro atoms. The Bertz CT molecular complexity index is 1130. The maximum absolute atomic E-state index is 14.6. The van der Waals surface area contributed by atoms with E-state index in [1.165, 1.54) is 24.3 Å². The number of alkyl halides is 6. The van der Waals surface area contributed by atoms with E-state index in [2.05, 4.69) is 5.32 Å². The molecular weight excluding hydrogens is 467 g/mol. The maximum Gasteiger partial charge on any atom is 0.416 e. The standard InChI is InChI=1S/C24H20F7NO2/c1-14-4-2-6-17(10-14)34-18-7-3-5-15(11-18)22(32-13-21(33)24(29,30)31)19-12-16(23(26,27)28)8-9-20(19)25/h2-12,21-22,32-33H,13H2,1H3/t21-,22?/m1/s1. The third kappa shape index (κ3) is 6.48. The topological polar surface area (TPSA) is 41.5 Å². The van der Waals surface area contributed by atoms with E-state index in [-0.39, 0.29) is 11.3 Å². The summed E-state index contributed by atoms with van der Waals surface area (Å²) in [6.45, 7) is 0.762. The minimum Gasteiger partial charge on any atom is -0.457 e. The zero-order valence-electron chi connectivity index (χ0n) is 17.7. The molecule has 10 heteroatoms. The summed E-state index contributed by atoms with van der Waals surface area (Å²) >= 11 is 0. The summed E-state index contributed by atoms with van der Waals surface area (Å²) in [5.41, 5.74) is -0.658. The summed E-state index contributed by atoms with van der Waals surface area (Å²) in [6.07, 6.45) is -12.6. The molecule has 0 saturated heterocycles. The van der Waals surface area contributed by atoms with Crippen molar-refractivity contribution in [2.45, 2.75) is 31.4 Å².